The standard InChI is InChI=1S/C21H20FN3O4/c1-14-3-2-4-17(11-14)28-13-20(27)25-24-19(26)9-10-21-23-12-18(29-21)15-5-7-16(22)8-6-15/h2-8,11-12H,9-10,13H2,1H3,(H,24,26)(H,25,27). The summed E-state index contributed by atoms with van der Waals surface area (Å²) >= 11 is 0. The van der Waals surface area contributed by atoms with Crippen molar-refractivity contribution in [3.05, 3.63) is 72.0 Å². The number of aryl methyl sites for hydroxylation is 2. The maximum Gasteiger partial charge on any atom is 0.276 e. The fraction of sp³-hybridized carbons (Fsp3) is 0.190. The summed E-state index contributed by atoms with van der Waals surface area (Å²) in [5.74, 6) is 0.226. The summed E-state index contributed by atoms with van der Waals surface area (Å²) in [6.07, 6.45) is 1.84. The van der Waals surface area contributed by atoms with Gasteiger partial charge >= 0.3 is 0 Å². The van der Waals surface area contributed by atoms with Gasteiger partial charge in [-0.3, -0.25) is 20.4 Å². The molecule has 2 N–H and O–H groups in total. The van der Waals surface area contributed by atoms with Crippen LogP contribution in [0.2, 0.25) is 0 Å². The number of oxazole rings is 1. The molecule has 0 bridgehead atoms. The number of benzene rings is 2. The number of carbonyl (C=O) groups is 2. The Morgan fingerprint density at radius 1 is 1.10 bits per heavy atom. The number of aromatic nitrogens is 1. The average molecular weight is 397 g/mol. The molecule has 150 valence electrons. The van der Waals surface area contributed by atoms with Gasteiger partial charge in [-0.1, -0.05) is 12.1 Å². The van der Waals surface area contributed by atoms with E-state index >= 15 is 0 Å². The van der Waals surface area contributed by atoms with E-state index in [0.29, 0.717) is 23.0 Å². The van der Waals surface area contributed by atoms with E-state index in [2.05, 4.69) is 15.8 Å². The molecule has 7 nitrogen and oxygen atoms in total. The van der Waals surface area contributed by atoms with Crippen LogP contribution in [0.25, 0.3) is 11.3 Å². The number of rotatable bonds is 7. The van der Waals surface area contributed by atoms with Gasteiger partial charge < -0.3 is 9.15 Å². The fourth-order valence-electron chi connectivity index (χ4n) is 2.49. The van der Waals surface area contributed by atoms with Crippen LogP contribution >= 0.6 is 0 Å². The molecule has 3 rings (SSSR count). The molecule has 3 aromatic rings. The molecule has 0 aliphatic carbocycles. The molecule has 0 saturated heterocycles. The summed E-state index contributed by atoms with van der Waals surface area (Å²) in [7, 11) is 0. The number of halogens is 1. The minimum atomic E-state index is -0.477. The highest BCUT2D eigenvalue weighted by Gasteiger charge is 2.10. The van der Waals surface area contributed by atoms with Crippen molar-refractivity contribution in [3.8, 4) is 17.1 Å². The molecule has 0 fully saturated rings. The van der Waals surface area contributed by atoms with Crippen molar-refractivity contribution >= 4 is 11.8 Å². The molecule has 1 aromatic heterocycles. The molecular formula is C21H20FN3O4. The number of hydrazine groups is 1. The van der Waals surface area contributed by atoms with Gasteiger partial charge in [0.05, 0.1) is 6.20 Å². The largest absolute Gasteiger partial charge is 0.484 e. The molecule has 0 unspecified atom stereocenters. The van der Waals surface area contributed by atoms with Crippen molar-refractivity contribution < 1.29 is 23.1 Å². The number of nitrogens with one attached hydrogen (secondary N) is 2. The third kappa shape index (κ3) is 6.17. The van der Waals surface area contributed by atoms with E-state index < -0.39 is 11.8 Å². The number of amides is 2. The highest BCUT2D eigenvalue weighted by Crippen LogP contribution is 2.21. The van der Waals surface area contributed by atoms with Crippen LogP contribution < -0.4 is 15.6 Å². The van der Waals surface area contributed by atoms with Gasteiger partial charge in [-0.15, -0.1) is 0 Å². The lowest BCUT2D eigenvalue weighted by Gasteiger charge is -2.08. The number of nitrogens with zero attached hydrogens (tertiary/aromatic N) is 1. The van der Waals surface area contributed by atoms with Gasteiger partial charge in [0, 0.05) is 18.4 Å². The first-order valence-electron chi connectivity index (χ1n) is 8.97. The minimum Gasteiger partial charge on any atom is -0.484 e. The first-order valence-corrected chi connectivity index (χ1v) is 8.97. The number of ether oxygens (including phenoxy) is 1. The van der Waals surface area contributed by atoms with Gasteiger partial charge in [0.15, 0.2) is 18.3 Å². The highest BCUT2D eigenvalue weighted by molar-refractivity contribution is 5.82. The number of hydrogen-bond acceptors (Lipinski definition) is 5. The Hall–Kier alpha value is -3.68. The number of carbonyl (C=O) groups excluding carboxylic acids is 2. The Morgan fingerprint density at radius 3 is 2.62 bits per heavy atom. The molecule has 2 aromatic carbocycles. The SMILES string of the molecule is Cc1cccc(OCC(=O)NNC(=O)CCc2ncc(-c3ccc(F)cc3)o2)c1. The Balaban J connectivity index is 1.38. The van der Waals surface area contributed by atoms with E-state index in [1.165, 1.54) is 18.3 Å². The summed E-state index contributed by atoms with van der Waals surface area (Å²) in [4.78, 5) is 27.7. The lowest BCUT2D eigenvalue weighted by Crippen LogP contribution is -2.43. The van der Waals surface area contributed by atoms with Crippen LogP contribution in [0.4, 0.5) is 4.39 Å². The first-order chi connectivity index (χ1) is 14.0. The summed E-state index contributed by atoms with van der Waals surface area (Å²) in [5, 5.41) is 0. The normalized spacial score (nSPS) is 10.4. The molecular weight excluding hydrogens is 377 g/mol. The molecule has 29 heavy (non-hydrogen) atoms. The maximum atomic E-state index is 13.0. The van der Waals surface area contributed by atoms with Crippen LogP contribution in [0.3, 0.4) is 0 Å². The Kier molecular flexibility index (Phi) is 6.57. The molecule has 0 saturated carbocycles. The minimum absolute atomic E-state index is 0.0718. The zero-order valence-electron chi connectivity index (χ0n) is 15.8. The molecule has 0 aliphatic rings. The van der Waals surface area contributed by atoms with Gasteiger partial charge in [-0.05, 0) is 48.9 Å². The van der Waals surface area contributed by atoms with Gasteiger partial charge in [-0.2, -0.15) is 0 Å². The molecule has 0 atom stereocenters. The average Bonchev–Trinajstić information content (AvgIpc) is 3.19. The Morgan fingerprint density at radius 2 is 1.86 bits per heavy atom. The summed E-state index contributed by atoms with van der Waals surface area (Å²) in [6, 6.07) is 13.1. The van der Waals surface area contributed by atoms with Crippen molar-refractivity contribution in [3.63, 3.8) is 0 Å². The Labute approximate surface area is 166 Å². The van der Waals surface area contributed by atoms with Crippen molar-refractivity contribution in [1.29, 1.82) is 0 Å². The van der Waals surface area contributed by atoms with Crippen LogP contribution in [-0.4, -0.2) is 23.4 Å². The van der Waals surface area contributed by atoms with Gasteiger partial charge in [0.25, 0.3) is 5.91 Å². The lowest BCUT2D eigenvalue weighted by molar-refractivity contribution is -0.130. The third-order valence-corrected chi connectivity index (χ3v) is 3.95. The molecule has 8 heteroatoms. The van der Waals surface area contributed by atoms with E-state index in [-0.39, 0.29) is 25.3 Å². The summed E-state index contributed by atoms with van der Waals surface area (Å²) < 4.78 is 23.9. The van der Waals surface area contributed by atoms with Gasteiger partial charge in [0.2, 0.25) is 5.91 Å². The number of hydrogen-bond donors (Lipinski definition) is 2. The summed E-state index contributed by atoms with van der Waals surface area (Å²) in [5.41, 5.74) is 6.31. The van der Waals surface area contributed by atoms with E-state index in [1.54, 1.807) is 18.2 Å². The van der Waals surface area contributed by atoms with Crippen molar-refractivity contribution in [2.24, 2.45) is 0 Å². The fourth-order valence-corrected chi connectivity index (χ4v) is 2.49. The van der Waals surface area contributed by atoms with Crippen molar-refractivity contribution in [1.82, 2.24) is 15.8 Å². The molecule has 1 heterocycles. The van der Waals surface area contributed by atoms with E-state index in [0.717, 1.165) is 5.56 Å². The van der Waals surface area contributed by atoms with E-state index in [4.69, 9.17) is 9.15 Å². The molecule has 0 aliphatic heterocycles. The van der Waals surface area contributed by atoms with E-state index in [9.17, 15) is 14.0 Å². The second kappa shape index (κ2) is 9.50. The molecule has 2 amide bonds. The first kappa shape index (κ1) is 20.1. The van der Waals surface area contributed by atoms with Crippen LogP contribution in [0.1, 0.15) is 17.9 Å². The monoisotopic (exact) mass is 397 g/mol. The van der Waals surface area contributed by atoms with Crippen LogP contribution in [0.5, 0.6) is 5.75 Å². The molecule has 0 spiro atoms. The van der Waals surface area contributed by atoms with E-state index in [1.807, 2.05) is 25.1 Å². The van der Waals surface area contributed by atoms with Crippen molar-refractivity contribution in [2.75, 3.05) is 6.61 Å². The van der Waals surface area contributed by atoms with Crippen molar-refractivity contribution in [2.45, 2.75) is 19.8 Å². The zero-order chi connectivity index (χ0) is 20.6. The predicted molar refractivity (Wildman–Crippen MR) is 103 cm³/mol. The summed E-state index contributed by atoms with van der Waals surface area (Å²) in [6.45, 7) is 1.70. The second-order valence-corrected chi connectivity index (χ2v) is 6.33. The van der Waals surface area contributed by atoms with Crippen LogP contribution in [-0.2, 0) is 16.0 Å². The second-order valence-electron chi connectivity index (χ2n) is 6.33. The zero-order valence-corrected chi connectivity index (χ0v) is 15.8. The van der Waals surface area contributed by atoms with Crippen LogP contribution in [0.15, 0.2) is 59.1 Å². The topological polar surface area (TPSA) is 93.5 Å². The highest BCUT2D eigenvalue weighted by atomic mass is 19.1. The lowest BCUT2D eigenvalue weighted by atomic mass is 10.2. The third-order valence-electron chi connectivity index (χ3n) is 3.95. The Bertz CT molecular complexity index is 986. The van der Waals surface area contributed by atoms with Gasteiger partial charge in [0.1, 0.15) is 11.6 Å². The van der Waals surface area contributed by atoms with Crippen LogP contribution in [0, 0.1) is 12.7 Å². The maximum absolute atomic E-state index is 13.0. The predicted octanol–water partition coefficient (Wildman–Crippen LogP) is 2.95. The smallest absolute Gasteiger partial charge is 0.276 e. The molecule has 0 radical (unpaired) electrons. The van der Waals surface area contributed by atoms with Gasteiger partial charge in [-0.25, -0.2) is 9.37 Å². The quantitative estimate of drug-likeness (QED) is 0.598.